The molecule has 0 radical (unpaired) electrons. The first-order valence-corrected chi connectivity index (χ1v) is 8.62. The van der Waals surface area contributed by atoms with Gasteiger partial charge in [-0.1, -0.05) is 23.2 Å². The monoisotopic (exact) mass is 443 g/mol. The molecule has 29 heavy (non-hydrogen) atoms. The zero-order valence-electron chi connectivity index (χ0n) is 14.2. The van der Waals surface area contributed by atoms with Crippen molar-refractivity contribution in [2.24, 2.45) is 0 Å². The second-order valence-electron chi connectivity index (χ2n) is 5.77. The minimum atomic E-state index is -4.65. The van der Waals surface area contributed by atoms with Crippen molar-refractivity contribution >= 4 is 34.8 Å². The molecular formula is C18H10Cl2F3N3O3. The molecule has 0 spiro atoms. The van der Waals surface area contributed by atoms with Gasteiger partial charge in [0.2, 0.25) is 0 Å². The van der Waals surface area contributed by atoms with Crippen LogP contribution in [0.5, 0.6) is 0 Å². The van der Waals surface area contributed by atoms with Crippen LogP contribution in [0.1, 0.15) is 15.9 Å². The average molecular weight is 444 g/mol. The first-order chi connectivity index (χ1) is 13.6. The van der Waals surface area contributed by atoms with Gasteiger partial charge in [-0.3, -0.25) is 9.59 Å². The van der Waals surface area contributed by atoms with Crippen molar-refractivity contribution in [2.75, 3.05) is 5.32 Å². The predicted octanol–water partition coefficient (Wildman–Crippen LogP) is 4.10. The highest BCUT2D eigenvalue weighted by Gasteiger charge is 2.31. The number of aromatic nitrogens is 2. The van der Waals surface area contributed by atoms with E-state index in [-0.39, 0.29) is 16.4 Å². The van der Waals surface area contributed by atoms with Crippen LogP contribution in [0.3, 0.4) is 0 Å². The molecule has 1 heterocycles. The molecule has 3 aromatic rings. The van der Waals surface area contributed by atoms with Crippen molar-refractivity contribution in [3.05, 3.63) is 90.7 Å². The van der Waals surface area contributed by atoms with Crippen LogP contribution in [0, 0.1) is 0 Å². The molecule has 0 aliphatic carbocycles. The normalized spacial score (nSPS) is 11.3. The van der Waals surface area contributed by atoms with E-state index in [1.54, 1.807) is 0 Å². The first kappa shape index (κ1) is 20.7. The fraction of sp³-hybridized carbons (Fsp3) is 0.0556. The molecule has 11 heteroatoms. The molecule has 0 atom stereocenters. The third-order valence-electron chi connectivity index (χ3n) is 3.85. The zero-order valence-corrected chi connectivity index (χ0v) is 15.7. The van der Waals surface area contributed by atoms with Gasteiger partial charge in [-0.25, -0.2) is 9.36 Å². The van der Waals surface area contributed by atoms with Crippen LogP contribution in [-0.2, 0) is 6.18 Å². The summed E-state index contributed by atoms with van der Waals surface area (Å²) in [4.78, 5) is 39.4. The van der Waals surface area contributed by atoms with Gasteiger partial charge >= 0.3 is 11.9 Å². The van der Waals surface area contributed by atoms with Crippen LogP contribution in [-0.4, -0.2) is 15.5 Å². The summed E-state index contributed by atoms with van der Waals surface area (Å²) in [5, 5.41) is 2.37. The van der Waals surface area contributed by atoms with Crippen molar-refractivity contribution < 1.29 is 18.0 Å². The number of nitrogens with zero attached hydrogens (tertiary/aromatic N) is 1. The lowest BCUT2D eigenvalue weighted by molar-refractivity contribution is -0.137. The molecule has 0 aliphatic heterocycles. The van der Waals surface area contributed by atoms with Crippen molar-refractivity contribution in [2.45, 2.75) is 6.18 Å². The number of hydrogen-bond donors (Lipinski definition) is 2. The maximum Gasteiger partial charge on any atom is 0.416 e. The Labute approximate surface area is 170 Å². The molecule has 0 bridgehead atoms. The third kappa shape index (κ3) is 4.36. The fourth-order valence-electron chi connectivity index (χ4n) is 2.45. The topological polar surface area (TPSA) is 84.0 Å². The minimum absolute atomic E-state index is 0.146. The van der Waals surface area contributed by atoms with Crippen molar-refractivity contribution in [1.29, 1.82) is 0 Å². The summed E-state index contributed by atoms with van der Waals surface area (Å²) in [6.07, 6.45) is -3.78. The van der Waals surface area contributed by atoms with E-state index in [0.29, 0.717) is 15.7 Å². The fourth-order valence-corrected chi connectivity index (χ4v) is 2.74. The Morgan fingerprint density at radius 3 is 2.31 bits per heavy atom. The smallest absolute Gasteiger partial charge is 0.320 e. The molecule has 0 aliphatic rings. The summed E-state index contributed by atoms with van der Waals surface area (Å²) in [5.74, 6) is -1.05. The summed E-state index contributed by atoms with van der Waals surface area (Å²) in [5.41, 5.74) is -3.52. The summed E-state index contributed by atoms with van der Waals surface area (Å²) in [6.45, 7) is 0. The quantitative estimate of drug-likeness (QED) is 0.638. The lowest BCUT2D eigenvalue weighted by Crippen LogP contribution is -2.38. The van der Waals surface area contributed by atoms with Gasteiger partial charge in [-0.05, 0) is 42.5 Å². The van der Waals surface area contributed by atoms with Gasteiger partial charge in [0, 0.05) is 11.2 Å². The highest BCUT2D eigenvalue weighted by Crippen LogP contribution is 2.33. The van der Waals surface area contributed by atoms with E-state index in [0.717, 1.165) is 18.3 Å². The van der Waals surface area contributed by atoms with Crippen LogP contribution >= 0.6 is 23.2 Å². The number of aromatic amines is 1. The summed E-state index contributed by atoms with van der Waals surface area (Å²) in [7, 11) is 0. The largest absolute Gasteiger partial charge is 0.416 e. The van der Waals surface area contributed by atoms with Gasteiger partial charge in [0.25, 0.3) is 11.5 Å². The van der Waals surface area contributed by atoms with Crippen LogP contribution < -0.4 is 16.6 Å². The highest BCUT2D eigenvalue weighted by atomic mass is 35.5. The molecule has 0 saturated carbocycles. The van der Waals surface area contributed by atoms with Crippen LogP contribution in [0.2, 0.25) is 10.0 Å². The Morgan fingerprint density at radius 2 is 1.69 bits per heavy atom. The molecule has 1 amide bonds. The van der Waals surface area contributed by atoms with Crippen molar-refractivity contribution in [3.8, 4) is 5.69 Å². The number of benzene rings is 2. The Morgan fingerprint density at radius 1 is 1.03 bits per heavy atom. The summed E-state index contributed by atoms with van der Waals surface area (Å²) >= 11 is 11.6. The number of H-pyrrole nitrogens is 1. The van der Waals surface area contributed by atoms with E-state index in [1.165, 1.54) is 24.3 Å². The zero-order chi connectivity index (χ0) is 21.3. The van der Waals surface area contributed by atoms with Crippen LogP contribution in [0.15, 0.2) is 58.3 Å². The van der Waals surface area contributed by atoms with Gasteiger partial charge in [-0.2, -0.15) is 13.2 Å². The van der Waals surface area contributed by atoms with E-state index in [2.05, 4.69) is 10.3 Å². The van der Waals surface area contributed by atoms with E-state index in [1.807, 2.05) is 0 Å². The Balaban J connectivity index is 2.01. The van der Waals surface area contributed by atoms with Gasteiger partial charge in [0.1, 0.15) is 5.56 Å². The third-order valence-corrected chi connectivity index (χ3v) is 4.43. The molecule has 0 saturated heterocycles. The number of alkyl halides is 3. The number of amides is 1. The van der Waals surface area contributed by atoms with E-state index >= 15 is 0 Å². The predicted molar refractivity (Wildman–Crippen MR) is 102 cm³/mol. The number of anilines is 1. The second kappa shape index (κ2) is 7.76. The van der Waals surface area contributed by atoms with E-state index in [9.17, 15) is 27.6 Å². The maximum absolute atomic E-state index is 12.9. The first-order valence-electron chi connectivity index (χ1n) is 7.86. The molecule has 0 fully saturated rings. The molecule has 2 N–H and O–H groups in total. The Hall–Kier alpha value is -3.04. The molecular weight excluding hydrogens is 434 g/mol. The summed E-state index contributed by atoms with van der Waals surface area (Å²) < 4.78 is 39.3. The van der Waals surface area contributed by atoms with Gasteiger partial charge < -0.3 is 10.3 Å². The van der Waals surface area contributed by atoms with Gasteiger partial charge in [0.15, 0.2) is 0 Å². The SMILES string of the molecule is O=C(Nc1cc(C(F)(F)F)ccc1Cl)c1c[nH]c(=O)n(-c2ccc(Cl)cc2)c1=O. The van der Waals surface area contributed by atoms with E-state index < -0.39 is 34.5 Å². The van der Waals surface area contributed by atoms with Crippen molar-refractivity contribution in [1.82, 2.24) is 9.55 Å². The van der Waals surface area contributed by atoms with Crippen LogP contribution in [0.25, 0.3) is 5.69 Å². The maximum atomic E-state index is 12.9. The van der Waals surface area contributed by atoms with Gasteiger partial charge in [0.05, 0.1) is 22.0 Å². The number of rotatable bonds is 3. The molecule has 150 valence electrons. The van der Waals surface area contributed by atoms with E-state index in [4.69, 9.17) is 23.2 Å². The Bertz CT molecular complexity index is 1200. The lowest BCUT2D eigenvalue weighted by Gasteiger charge is -2.12. The number of carbonyl (C=O) groups is 1. The average Bonchev–Trinajstić information content (AvgIpc) is 2.64. The molecule has 6 nitrogen and oxygen atoms in total. The summed E-state index contributed by atoms with van der Waals surface area (Å²) in [6, 6.07) is 8.04. The molecule has 0 unspecified atom stereocenters. The standard InChI is InChI=1S/C18H10Cl2F3N3O3/c19-10-2-4-11(5-3-10)26-16(28)12(8-24-17(26)29)15(27)25-14-7-9(18(21,22)23)1-6-13(14)20/h1-8H,(H,24,29)(H,25,27). The molecule has 3 rings (SSSR count). The second-order valence-corrected chi connectivity index (χ2v) is 6.61. The lowest BCUT2D eigenvalue weighted by atomic mass is 10.2. The molecule has 1 aromatic heterocycles. The van der Waals surface area contributed by atoms with Gasteiger partial charge in [-0.15, -0.1) is 0 Å². The highest BCUT2D eigenvalue weighted by molar-refractivity contribution is 6.34. The molecule has 2 aromatic carbocycles. The number of nitrogens with one attached hydrogen (secondary N) is 2. The number of halogens is 5. The number of hydrogen-bond acceptors (Lipinski definition) is 3. The minimum Gasteiger partial charge on any atom is -0.320 e. The van der Waals surface area contributed by atoms with Crippen LogP contribution in [0.4, 0.5) is 18.9 Å². The van der Waals surface area contributed by atoms with Crippen molar-refractivity contribution in [3.63, 3.8) is 0 Å². The Kier molecular flexibility index (Phi) is 5.54. The number of carbonyl (C=O) groups excluding carboxylic acids is 1.